The summed E-state index contributed by atoms with van der Waals surface area (Å²) >= 11 is 0. The van der Waals surface area contributed by atoms with E-state index in [0.29, 0.717) is 24.2 Å². The second-order valence-corrected chi connectivity index (χ2v) is 9.10. The van der Waals surface area contributed by atoms with Crippen LogP contribution in [-0.2, 0) is 14.6 Å². The van der Waals surface area contributed by atoms with Gasteiger partial charge < -0.3 is 10.6 Å². The summed E-state index contributed by atoms with van der Waals surface area (Å²) in [6, 6.07) is 13.6. The van der Waals surface area contributed by atoms with Crippen molar-refractivity contribution in [3.8, 4) is 11.1 Å². The average molecular weight is 398 g/mol. The fourth-order valence-corrected chi connectivity index (χ4v) is 4.89. The van der Waals surface area contributed by atoms with E-state index in [2.05, 4.69) is 0 Å². The summed E-state index contributed by atoms with van der Waals surface area (Å²) in [5.41, 5.74) is 6.50. The van der Waals surface area contributed by atoms with Gasteiger partial charge in [0.1, 0.15) is 5.54 Å². The predicted octanol–water partition coefficient (Wildman–Crippen LogP) is 1.83. The van der Waals surface area contributed by atoms with Crippen molar-refractivity contribution in [2.75, 3.05) is 24.2 Å². The zero-order valence-electron chi connectivity index (χ0n) is 15.3. The molecule has 4 rings (SSSR count). The number of nitrogens with two attached hydrogens (primary N) is 1. The molecule has 0 spiro atoms. The molecule has 0 aromatic heterocycles. The molecular weight excluding hydrogens is 378 g/mol. The minimum Gasteiger partial charge on any atom is -0.368 e. The van der Waals surface area contributed by atoms with Gasteiger partial charge >= 0.3 is 6.03 Å². The van der Waals surface area contributed by atoms with Crippen LogP contribution >= 0.6 is 0 Å². The van der Waals surface area contributed by atoms with Crippen LogP contribution in [0.15, 0.2) is 53.4 Å². The number of carbonyl (C=O) groups excluding carboxylic acids is 2. The van der Waals surface area contributed by atoms with Gasteiger partial charge in [0.25, 0.3) is 0 Å². The van der Waals surface area contributed by atoms with E-state index < -0.39 is 21.3 Å². The van der Waals surface area contributed by atoms with Crippen molar-refractivity contribution in [2.24, 2.45) is 5.73 Å². The van der Waals surface area contributed by atoms with Crippen LogP contribution in [0.2, 0.25) is 0 Å². The maximum absolute atomic E-state index is 12.8. The number of urea groups is 1. The lowest BCUT2D eigenvalue weighted by atomic mass is 9.96. The molecule has 2 aromatic carbocycles. The second kappa shape index (κ2) is 6.34. The number of rotatable bonds is 4. The number of hydrogen-bond acceptors (Lipinski definition) is 4. The van der Waals surface area contributed by atoms with E-state index in [-0.39, 0.29) is 17.5 Å². The summed E-state index contributed by atoms with van der Waals surface area (Å²) in [4.78, 5) is 28.1. The zero-order chi connectivity index (χ0) is 20.1. The van der Waals surface area contributed by atoms with E-state index in [1.54, 1.807) is 48.5 Å². The Hall–Kier alpha value is -2.87. The maximum atomic E-state index is 12.8. The molecule has 2 aliphatic rings. The molecule has 1 radical (unpaired) electrons. The van der Waals surface area contributed by atoms with Crippen LogP contribution < -0.4 is 10.6 Å². The summed E-state index contributed by atoms with van der Waals surface area (Å²) in [7, 11) is -3.37. The first kappa shape index (κ1) is 18.5. The maximum Gasteiger partial charge on any atom is 0.325 e. The smallest absolute Gasteiger partial charge is 0.325 e. The molecule has 8 heteroatoms. The van der Waals surface area contributed by atoms with Gasteiger partial charge in [-0.2, -0.15) is 0 Å². The summed E-state index contributed by atoms with van der Waals surface area (Å²) in [5, 5.41) is 0. The third kappa shape index (κ3) is 2.75. The molecule has 0 bridgehead atoms. The minimum atomic E-state index is -3.37. The molecule has 0 aliphatic carbocycles. The molecule has 2 heterocycles. The van der Waals surface area contributed by atoms with Gasteiger partial charge in [-0.05, 0) is 30.2 Å². The molecule has 2 fully saturated rings. The standard InChI is InChI=1S/C20H20N3O4S/c1-28(26,27)17-6-3-2-5-16(17)14-7-9-15(10-8-14)22-13-20(18(21)24)11-4-12-23(20)19(22)25/h2-3,5-11H,4,12-13H2,1H3,(H2,21,24)/t20-/m1/s1. The Bertz CT molecular complexity index is 1070. The largest absolute Gasteiger partial charge is 0.368 e. The van der Waals surface area contributed by atoms with Gasteiger partial charge in [0.15, 0.2) is 9.84 Å². The number of amides is 3. The number of fused-ring (bicyclic) bond motifs is 1. The van der Waals surface area contributed by atoms with Gasteiger partial charge in [-0.25, -0.2) is 13.2 Å². The van der Waals surface area contributed by atoms with Crippen LogP contribution in [0.5, 0.6) is 0 Å². The Kier molecular flexibility index (Phi) is 4.19. The van der Waals surface area contributed by atoms with Gasteiger partial charge in [-0.15, -0.1) is 0 Å². The highest BCUT2D eigenvalue weighted by Crippen LogP contribution is 2.38. The van der Waals surface area contributed by atoms with Gasteiger partial charge in [-0.1, -0.05) is 30.3 Å². The van der Waals surface area contributed by atoms with Crippen molar-refractivity contribution in [1.29, 1.82) is 0 Å². The topological polar surface area (TPSA) is 101 Å². The second-order valence-electron chi connectivity index (χ2n) is 7.12. The fourth-order valence-electron chi connectivity index (χ4n) is 3.98. The molecule has 7 nitrogen and oxygen atoms in total. The van der Waals surface area contributed by atoms with Crippen LogP contribution in [0.25, 0.3) is 11.1 Å². The summed E-state index contributed by atoms with van der Waals surface area (Å²) in [6.45, 7) is 0.651. The molecule has 145 valence electrons. The van der Waals surface area contributed by atoms with E-state index >= 15 is 0 Å². The van der Waals surface area contributed by atoms with Crippen molar-refractivity contribution in [3.63, 3.8) is 0 Å². The average Bonchev–Trinajstić information content (AvgIpc) is 3.21. The number of carbonyl (C=O) groups is 2. The molecule has 2 aliphatic heterocycles. The Morgan fingerprint density at radius 1 is 1.11 bits per heavy atom. The van der Waals surface area contributed by atoms with Crippen molar-refractivity contribution >= 4 is 27.5 Å². The van der Waals surface area contributed by atoms with Gasteiger partial charge in [0.05, 0.1) is 11.4 Å². The molecule has 0 saturated carbocycles. The van der Waals surface area contributed by atoms with Crippen LogP contribution in [0.1, 0.15) is 6.42 Å². The summed E-state index contributed by atoms with van der Waals surface area (Å²) in [5.74, 6) is -0.528. The normalized spacial score (nSPS) is 21.8. The first-order valence-corrected chi connectivity index (χ1v) is 10.8. The Morgan fingerprint density at radius 2 is 1.79 bits per heavy atom. The predicted molar refractivity (Wildman–Crippen MR) is 105 cm³/mol. The highest BCUT2D eigenvalue weighted by Gasteiger charge is 2.56. The highest BCUT2D eigenvalue weighted by molar-refractivity contribution is 7.90. The Labute approximate surface area is 163 Å². The van der Waals surface area contributed by atoms with Crippen molar-refractivity contribution < 1.29 is 18.0 Å². The minimum absolute atomic E-state index is 0.181. The van der Waals surface area contributed by atoms with Gasteiger partial charge in [-0.3, -0.25) is 9.69 Å². The number of primary amides is 1. The molecule has 2 saturated heterocycles. The van der Waals surface area contributed by atoms with Crippen LogP contribution in [0, 0.1) is 6.42 Å². The lowest BCUT2D eigenvalue weighted by molar-refractivity contribution is -0.124. The first-order chi connectivity index (χ1) is 13.2. The van der Waals surface area contributed by atoms with Crippen molar-refractivity contribution in [2.45, 2.75) is 16.9 Å². The number of sulfone groups is 1. The number of hydrogen-bond donors (Lipinski definition) is 1. The third-order valence-corrected chi connectivity index (χ3v) is 6.54. The molecular formula is C20H20N3O4S. The fraction of sp³-hybridized carbons (Fsp3) is 0.250. The molecule has 3 amide bonds. The third-order valence-electron chi connectivity index (χ3n) is 5.38. The number of anilines is 1. The Morgan fingerprint density at radius 3 is 2.39 bits per heavy atom. The van der Waals surface area contributed by atoms with Crippen molar-refractivity contribution in [1.82, 2.24) is 4.90 Å². The van der Waals surface area contributed by atoms with Crippen LogP contribution in [0.4, 0.5) is 10.5 Å². The van der Waals surface area contributed by atoms with Crippen molar-refractivity contribution in [3.05, 3.63) is 55.0 Å². The number of nitrogens with zero attached hydrogens (tertiary/aromatic N) is 2. The molecule has 2 aromatic rings. The van der Waals surface area contributed by atoms with Crippen LogP contribution in [-0.4, -0.2) is 50.1 Å². The van der Waals surface area contributed by atoms with Crippen LogP contribution in [0.3, 0.4) is 0 Å². The SMILES string of the molecule is CS(=O)(=O)c1ccccc1-c1ccc(N2C[C@@]3(C(N)=O)[CH]CCN3C2=O)cc1. The van der Waals surface area contributed by atoms with E-state index in [1.807, 2.05) is 6.42 Å². The lowest BCUT2D eigenvalue weighted by Gasteiger charge is -2.25. The first-order valence-electron chi connectivity index (χ1n) is 8.87. The molecule has 28 heavy (non-hydrogen) atoms. The van der Waals surface area contributed by atoms with E-state index in [4.69, 9.17) is 5.73 Å². The molecule has 2 N–H and O–H groups in total. The Balaban J connectivity index is 1.67. The molecule has 1 atom stereocenters. The summed E-state index contributed by atoms with van der Waals surface area (Å²) in [6.07, 6.45) is 3.63. The van der Waals surface area contributed by atoms with E-state index in [9.17, 15) is 18.0 Å². The molecule has 0 unspecified atom stereocenters. The van der Waals surface area contributed by atoms with E-state index in [1.165, 1.54) is 16.1 Å². The van der Waals surface area contributed by atoms with Gasteiger partial charge in [0.2, 0.25) is 5.91 Å². The van der Waals surface area contributed by atoms with E-state index in [0.717, 1.165) is 5.56 Å². The number of benzene rings is 2. The quantitative estimate of drug-likeness (QED) is 0.849. The summed E-state index contributed by atoms with van der Waals surface area (Å²) < 4.78 is 24.1. The van der Waals surface area contributed by atoms with Gasteiger partial charge in [0, 0.05) is 30.5 Å². The lowest BCUT2D eigenvalue weighted by Crippen LogP contribution is -2.53. The zero-order valence-corrected chi connectivity index (χ0v) is 16.1. The monoisotopic (exact) mass is 398 g/mol. The highest BCUT2D eigenvalue weighted by atomic mass is 32.2.